The lowest BCUT2D eigenvalue weighted by molar-refractivity contribution is -0.121. The van der Waals surface area contributed by atoms with E-state index in [1.807, 2.05) is 6.92 Å². The van der Waals surface area contributed by atoms with E-state index in [1.165, 1.54) is 7.05 Å². The van der Waals surface area contributed by atoms with E-state index in [1.54, 1.807) is 24.3 Å². The van der Waals surface area contributed by atoms with Gasteiger partial charge in [-0.1, -0.05) is 25.5 Å². The molecule has 0 aliphatic rings. The van der Waals surface area contributed by atoms with Gasteiger partial charge in [-0.05, 0) is 44.5 Å². The van der Waals surface area contributed by atoms with Gasteiger partial charge in [-0.25, -0.2) is 13.1 Å². The molecule has 6 heteroatoms. The SMILES string of the molecule is CCC[C@H](C)NC(=O)CCc1ccc(S(=O)(=O)NC)cc1. The van der Waals surface area contributed by atoms with Crippen LogP contribution in [0, 0.1) is 0 Å². The van der Waals surface area contributed by atoms with Gasteiger partial charge < -0.3 is 5.32 Å². The molecule has 1 aromatic rings. The summed E-state index contributed by atoms with van der Waals surface area (Å²) < 4.78 is 25.4. The van der Waals surface area contributed by atoms with E-state index in [4.69, 9.17) is 0 Å². The number of sulfonamides is 1. The lowest BCUT2D eigenvalue weighted by atomic mass is 10.1. The Balaban J connectivity index is 2.52. The molecule has 118 valence electrons. The average Bonchev–Trinajstić information content (AvgIpc) is 2.45. The van der Waals surface area contributed by atoms with Gasteiger partial charge in [0.2, 0.25) is 15.9 Å². The summed E-state index contributed by atoms with van der Waals surface area (Å²) in [5, 5.41) is 2.95. The predicted molar refractivity (Wildman–Crippen MR) is 83.5 cm³/mol. The predicted octanol–water partition coefficient (Wildman–Crippen LogP) is 1.83. The zero-order chi connectivity index (χ0) is 15.9. The number of hydrogen-bond donors (Lipinski definition) is 2. The van der Waals surface area contributed by atoms with E-state index in [-0.39, 0.29) is 16.8 Å². The van der Waals surface area contributed by atoms with Gasteiger partial charge in [-0.2, -0.15) is 0 Å². The van der Waals surface area contributed by atoms with Crippen LogP contribution in [0.25, 0.3) is 0 Å². The van der Waals surface area contributed by atoms with Crippen LogP contribution in [0.5, 0.6) is 0 Å². The summed E-state index contributed by atoms with van der Waals surface area (Å²) in [5.74, 6) is 0.0304. The van der Waals surface area contributed by atoms with Crippen molar-refractivity contribution in [1.29, 1.82) is 0 Å². The van der Waals surface area contributed by atoms with Gasteiger partial charge in [0.1, 0.15) is 0 Å². The Morgan fingerprint density at radius 3 is 2.38 bits per heavy atom. The van der Waals surface area contributed by atoms with Crippen molar-refractivity contribution in [2.24, 2.45) is 0 Å². The second kappa shape index (κ2) is 8.14. The van der Waals surface area contributed by atoms with E-state index in [0.717, 1.165) is 18.4 Å². The number of carbonyl (C=O) groups excluding carboxylic acids is 1. The molecule has 0 unspecified atom stereocenters. The minimum atomic E-state index is -3.40. The van der Waals surface area contributed by atoms with Crippen molar-refractivity contribution in [2.75, 3.05) is 7.05 Å². The summed E-state index contributed by atoms with van der Waals surface area (Å²) in [7, 11) is -2.02. The summed E-state index contributed by atoms with van der Waals surface area (Å²) in [6.45, 7) is 4.09. The maximum Gasteiger partial charge on any atom is 0.240 e. The van der Waals surface area contributed by atoms with Gasteiger partial charge in [0.05, 0.1) is 4.90 Å². The van der Waals surface area contributed by atoms with E-state index in [9.17, 15) is 13.2 Å². The standard InChI is InChI=1S/C15H24N2O3S/c1-4-5-12(2)17-15(18)11-8-13-6-9-14(10-7-13)21(19,20)16-3/h6-7,9-10,12,16H,4-5,8,11H2,1-3H3,(H,17,18)/t12-/m0/s1. The molecular formula is C15H24N2O3S. The summed E-state index contributed by atoms with van der Waals surface area (Å²) in [6.07, 6.45) is 3.03. The molecule has 0 bridgehead atoms. The second-order valence-corrected chi connectivity index (χ2v) is 7.00. The van der Waals surface area contributed by atoms with Crippen LogP contribution in [0.4, 0.5) is 0 Å². The average molecular weight is 312 g/mol. The van der Waals surface area contributed by atoms with Crippen LogP contribution in [0.3, 0.4) is 0 Å². The highest BCUT2D eigenvalue weighted by Gasteiger charge is 2.11. The monoisotopic (exact) mass is 312 g/mol. The molecule has 0 heterocycles. The van der Waals surface area contributed by atoms with Crippen molar-refractivity contribution in [2.45, 2.75) is 50.5 Å². The van der Waals surface area contributed by atoms with Crippen molar-refractivity contribution in [3.05, 3.63) is 29.8 Å². The van der Waals surface area contributed by atoms with Crippen LogP contribution in [-0.2, 0) is 21.2 Å². The van der Waals surface area contributed by atoms with Crippen LogP contribution in [-0.4, -0.2) is 27.4 Å². The first-order chi connectivity index (χ1) is 9.89. The van der Waals surface area contributed by atoms with Crippen molar-refractivity contribution in [1.82, 2.24) is 10.0 Å². The number of carbonyl (C=O) groups is 1. The Labute approximate surface area is 127 Å². The molecule has 0 spiro atoms. The van der Waals surface area contributed by atoms with Gasteiger partial charge in [-0.15, -0.1) is 0 Å². The number of benzene rings is 1. The topological polar surface area (TPSA) is 75.3 Å². The fraction of sp³-hybridized carbons (Fsp3) is 0.533. The normalized spacial score (nSPS) is 12.9. The van der Waals surface area contributed by atoms with Crippen LogP contribution in [0.1, 0.15) is 38.7 Å². The number of hydrogen-bond acceptors (Lipinski definition) is 3. The molecule has 0 saturated heterocycles. The zero-order valence-electron chi connectivity index (χ0n) is 12.8. The van der Waals surface area contributed by atoms with Crippen LogP contribution < -0.4 is 10.0 Å². The number of rotatable bonds is 8. The first kappa shape index (κ1) is 17.7. The molecule has 2 N–H and O–H groups in total. The van der Waals surface area contributed by atoms with E-state index in [2.05, 4.69) is 17.0 Å². The van der Waals surface area contributed by atoms with Gasteiger partial charge in [-0.3, -0.25) is 4.79 Å². The third-order valence-electron chi connectivity index (χ3n) is 3.27. The number of nitrogens with one attached hydrogen (secondary N) is 2. The highest BCUT2D eigenvalue weighted by atomic mass is 32.2. The molecule has 0 saturated carbocycles. The number of aryl methyl sites for hydroxylation is 1. The first-order valence-electron chi connectivity index (χ1n) is 7.21. The summed E-state index contributed by atoms with van der Waals surface area (Å²) >= 11 is 0. The van der Waals surface area contributed by atoms with Crippen LogP contribution >= 0.6 is 0 Å². The number of amides is 1. The molecule has 1 rings (SSSR count). The summed E-state index contributed by atoms with van der Waals surface area (Å²) in [6, 6.07) is 6.79. The maximum atomic E-state index is 11.8. The quantitative estimate of drug-likeness (QED) is 0.769. The van der Waals surface area contributed by atoms with Crippen molar-refractivity contribution in [3.8, 4) is 0 Å². The van der Waals surface area contributed by atoms with Crippen LogP contribution in [0.2, 0.25) is 0 Å². The minimum Gasteiger partial charge on any atom is -0.354 e. The lowest BCUT2D eigenvalue weighted by Crippen LogP contribution is -2.32. The molecule has 1 amide bonds. The Hall–Kier alpha value is -1.40. The zero-order valence-corrected chi connectivity index (χ0v) is 13.7. The van der Waals surface area contributed by atoms with Crippen molar-refractivity contribution in [3.63, 3.8) is 0 Å². The fourth-order valence-corrected chi connectivity index (χ4v) is 2.79. The molecule has 0 aromatic heterocycles. The Morgan fingerprint density at radius 2 is 1.86 bits per heavy atom. The lowest BCUT2D eigenvalue weighted by Gasteiger charge is -2.12. The highest BCUT2D eigenvalue weighted by Crippen LogP contribution is 2.11. The van der Waals surface area contributed by atoms with Crippen molar-refractivity contribution >= 4 is 15.9 Å². The molecule has 0 aliphatic heterocycles. The van der Waals surface area contributed by atoms with E-state index < -0.39 is 10.0 Å². The Bertz CT molecular complexity index is 553. The molecule has 0 fully saturated rings. The van der Waals surface area contributed by atoms with Gasteiger partial charge in [0, 0.05) is 12.5 Å². The summed E-state index contributed by atoms with van der Waals surface area (Å²) in [5.41, 5.74) is 0.948. The smallest absolute Gasteiger partial charge is 0.240 e. The van der Waals surface area contributed by atoms with Crippen molar-refractivity contribution < 1.29 is 13.2 Å². The third-order valence-corrected chi connectivity index (χ3v) is 4.70. The Morgan fingerprint density at radius 1 is 1.24 bits per heavy atom. The molecule has 1 atom stereocenters. The van der Waals surface area contributed by atoms with Crippen LogP contribution in [0.15, 0.2) is 29.2 Å². The second-order valence-electron chi connectivity index (χ2n) is 5.11. The molecule has 5 nitrogen and oxygen atoms in total. The summed E-state index contributed by atoms with van der Waals surface area (Å²) in [4.78, 5) is 12.0. The fourth-order valence-electron chi connectivity index (χ4n) is 2.06. The van der Waals surface area contributed by atoms with E-state index in [0.29, 0.717) is 12.8 Å². The minimum absolute atomic E-state index is 0.0304. The van der Waals surface area contributed by atoms with E-state index >= 15 is 0 Å². The molecule has 0 aliphatic carbocycles. The molecule has 21 heavy (non-hydrogen) atoms. The first-order valence-corrected chi connectivity index (χ1v) is 8.69. The molecular weight excluding hydrogens is 288 g/mol. The largest absolute Gasteiger partial charge is 0.354 e. The molecule has 1 aromatic carbocycles. The Kier molecular flexibility index (Phi) is 6.84. The van der Waals surface area contributed by atoms with Gasteiger partial charge in [0.15, 0.2) is 0 Å². The third kappa shape index (κ3) is 5.85. The maximum absolute atomic E-state index is 11.8. The van der Waals surface area contributed by atoms with Gasteiger partial charge in [0.25, 0.3) is 0 Å². The molecule has 0 radical (unpaired) electrons. The van der Waals surface area contributed by atoms with Gasteiger partial charge >= 0.3 is 0 Å². The highest BCUT2D eigenvalue weighted by molar-refractivity contribution is 7.89.